The second kappa shape index (κ2) is 7.60. The van der Waals surface area contributed by atoms with Crippen molar-refractivity contribution in [3.05, 3.63) is 29.8 Å². The predicted molar refractivity (Wildman–Crippen MR) is 84.4 cm³/mol. The summed E-state index contributed by atoms with van der Waals surface area (Å²) in [4.78, 5) is 22.2. The van der Waals surface area contributed by atoms with E-state index in [2.05, 4.69) is 15.5 Å². The fourth-order valence-electron chi connectivity index (χ4n) is 1.76. The molecule has 0 unspecified atom stereocenters. The number of ether oxygens (including phenoxy) is 1. The van der Waals surface area contributed by atoms with E-state index in [1.807, 2.05) is 31.2 Å². The van der Waals surface area contributed by atoms with Gasteiger partial charge in [0, 0.05) is 5.56 Å². The van der Waals surface area contributed by atoms with Crippen LogP contribution in [0.15, 0.2) is 34.5 Å². The predicted octanol–water partition coefficient (Wildman–Crippen LogP) is 1.48. The Morgan fingerprint density at radius 1 is 1.50 bits per heavy atom. The van der Waals surface area contributed by atoms with Crippen LogP contribution in [0, 0.1) is 0 Å². The van der Waals surface area contributed by atoms with Crippen LogP contribution < -0.4 is 10.1 Å². The Kier molecular flexibility index (Phi) is 5.54. The zero-order valence-corrected chi connectivity index (χ0v) is 12.7. The maximum atomic E-state index is 11.5. The van der Waals surface area contributed by atoms with Gasteiger partial charge in [-0.15, -0.1) is 5.10 Å². The van der Waals surface area contributed by atoms with Crippen molar-refractivity contribution in [1.29, 1.82) is 0 Å². The number of nitrogens with zero attached hydrogens (tertiary/aromatic N) is 2. The zero-order chi connectivity index (χ0) is 15.9. The number of benzene rings is 1. The third-order valence-electron chi connectivity index (χ3n) is 2.70. The van der Waals surface area contributed by atoms with Crippen molar-refractivity contribution in [3.8, 4) is 5.75 Å². The molecule has 116 valence electrons. The molecule has 2 rings (SSSR count). The van der Waals surface area contributed by atoms with Crippen LogP contribution in [0.25, 0.3) is 0 Å². The number of carbonyl (C=O) groups is 2. The van der Waals surface area contributed by atoms with E-state index in [1.165, 1.54) is 6.21 Å². The molecular weight excluding hydrogens is 306 g/mol. The van der Waals surface area contributed by atoms with Crippen molar-refractivity contribution in [1.82, 2.24) is 5.32 Å². The Morgan fingerprint density at radius 3 is 3.00 bits per heavy atom. The van der Waals surface area contributed by atoms with Gasteiger partial charge in [-0.3, -0.25) is 9.59 Å². The minimum Gasteiger partial charge on any atom is -0.493 e. The third kappa shape index (κ3) is 4.32. The van der Waals surface area contributed by atoms with Crippen LogP contribution in [0.2, 0.25) is 0 Å². The van der Waals surface area contributed by atoms with Crippen molar-refractivity contribution in [2.24, 2.45) is 10.2 Å². The minimum atomic E-state index is -1.02. The maximum Gasteiger partial charge on any atom is 0.305 e. The monoisotopic (exact) mass is 321 g/mol. The van der Waals surface area contributed by atoms with Crippen molar-refractivity contribution in [2.75, 3.05) is 6.61 Å². The number of amides is 1. The smallest absolute Gasteiger partial charge is 0.305 e. The molecule has 1 aromatic carbocycles. The van der Waals surface area contributed by atoms with Gasteiger partial charge in [-0.05, 0) is 19.1 Å². The van der Waals surface area contributed by atoms with Crippen LogP contribution in [-0.2, 0) is 9.59 Å². The molecule has 0 bridgehead atoms. The highest BCUT2D eigenvalue weighted by Crippen LogP contribution is 2.22. The summed E-state index contributed by atoms with van der Waals surface area (Å²) in [6, 6.07) is 7.37. The topological polar surface area (TPSA) is 100 Å². The molecule has 0 saturated carbocycles. The van der Waals surface area contributed by atoms with Crippen LogP contribution >= 0.6 is 11.8 Å². The highest BCUT2D eigenvalue weighted by atomic mass is 32.2. The molecule has 1 aliphatic rings. The van der Waals surface area contributed by atoms with E-state index in [-0.39, 0.29) is 12.3 Å². The van der Waals surface area contributed by atoms with E-state index in [0.717, 1.165) is 17.3 Å². The van der Waals surface area contributed by atoms with Gasteiger partial charge in [-0.25, -0.2) is 0 Å². The summed E-state index contributed by atoms with van der Waals surface area (Å²) in [5.41, 5.74) is 0.769. The van der Waals surface area contributed by atoms with Gasteiger partial charge in [0.2, 0.25) is 5.91 Å². The molecule has 7 nitrogen and oxygen atoms in total. The molecule has 0 spiro atoms. The van der Waals surface area contributed by atoms with Gasteiger partial charge >= 0.3 is 5.97 Å². The SMILES string of the molecule is CCOc1ccccc1/C=N\N=C1/NC(=O)[C@H](CC(=O)O)S1. The lowest BCUT2D eigenvalue weighted by Crippen LogP contribution is -2.26. The molecule has 0 aromatic heterocycles. The van der Waals surface area contributed by atoms with Gasteiger partial charge < -0.3 is 15.2 Å². The first-order valence-corrected chi connectivity index (χ1v) is 7.50. The van der Waals surface area contributed by atoms with Gasteiger partial charge in [0.05, 0.1) is 19.2 Å². The number of hydrogen-bond donors (Lipinski definition) is 2. The lowest BCUT2D eigenvalue weighted by molar-refractivity contribution is -0.138. The number of para-hydroxylation sites is 1. The number of nitrogens with one attached hydrogen (secondary N) is 1. The molecule has 0 radical (unpaired) electrons. The first-order chi connectivity index (χ1) is 10.6. The summed E-state index contributed by atoms with van der Waals surface area (Å²) in [5.74, 6) is -0.695. The van der Waals surface area contributed by atoms with E-state index < -0.39 is 11.2 Å². The minimum absolute atomic E-state index is 0.244. The molecule has 1 saturated heterocycles. The molecule has 1 heterocycles. The number of hydrogen-bond acceptors (Lipinski definition) is 6. The van der Waals surface area contributed by atoms with Gasteiger partial charge in [-0.2, -0.15) is 5.10 Å². The Hall–Kier alpha value is -2.35. The van der Waals surface area contributed by atoms with Crippen LogP contribution in [0.5, 0.6) is 5.75 Å². The number of carbonyl (C=O) groups excluding carboxylic acids is 1. The quantitative estimate of drug-likeness (QED) is 0.610. The fourth-order valence-corrected chi connectivity index (χ4v) is 2.68. The van der Waals surface area contributed by atoms with Gasteiger partial charge in [0.1, 0.15) is 11.0 Å². The number of aliphatic carboxylic acids is 1. The Morgan fingerprint density at radius 2 is 2.27 bits per heavy atom. The summed E-state index contributed by atoms with van der Waals surface area (Å²) >= 11 is 1.06. The van der Waals surface area contributed by atoms with Crippen LogP contribution in [0.4, 0.5) is 0 Å². The molecule has 8 heteroatoms. The number of thioether (sulfide) groups is 1. The molecule has 0 aliphatic carbocycles. The zero-order valence-electron chi connectivity index (χ0n) is 11.9. The molecule has 1 aromatic rings. The molecule has 1 atom stereocenters. The van der Waals surface area contributed by atoms with Gasteiger partial charge in [0.15, 0.2) is 5.17 Å². The van der Waals surface area contributed by atoms with Gasteiger partial charge in [0.25, 0.3) is 0 Å². The average Bonchev–Trinajstić information content (AvgIpc) is 2.80. The highest BCUT2D eigenvalue weighted by molar-refractivity contribution is 8.15. The van der Waals surface area contributed by atoms with Crippen LogP contribution in [0.3, 0.4) is 0 Å². The molecular formula is C14H15N3O4S. The largest absolute Gasteiger partial charge is 0.493 e. The van der Waals surface area contributed by atoms with Crippen LogP contribution in [-0.4, -0.2) is 40.2 Å². The maximum absolute atomic E-state index is 11.5. The van der Waals surface area contributed by atoms with E-state index in [4.69, 9.17) is 9.84 Å². The summed E-state index contributed by atoms with van der Waals surface area (Å²) in [6.45, 7) is 2.43. The lowest BCUT2D eigenvalue weighted by atomic mass is 10.2. The summed E-state index contributed by atoms with van der Waals surface area (Å²) < 4.78 is 5.46. The summed E-state index contributed by atoms with van der Waals surface area (Å²) in [7, 11) is 0. The van der Waals surface area contributed by atoms with Crippen molar-refractivity contribution < 1.29 is 19.4 Å². The fraction of sp³-hybridized carbons (Fsp3) is 0.286. The summed E-state index contributed by atoms with van der Waals surface area (Å²) in [5, 5.41) is 18.6. The first kappa shape index (κ1) is 16.0. The molecule has 1 amide bonds. The molecule has 1 fully saturated rings. The number of carboxylic acids is 1. The Labute approximate surface area is 131 Å². The lowest BCUT2D eigenvalue weighted by Gasteiger charge is -2.04. The van der Waals surface area contributed by atoms with E-state index in [9.17, 15) is 9.59 Å². The number of carboxylic acid groups (broad SMARTS) is 1. The third-order valence-corrected chi connectivity index (χ3v) is 3.77. The second-order valence-corrected chi connectivity index (χ2v) is 5.51. The number of amidine groups is 1. The first-order valence-electron chi connectivity index (χ1n) is 6.62. The number of rotatable bonds is 6. The van der Waals surface area contributed by atoms with Crippen molar-refractivity contribution >= 4 is 35.0 Å². The second-order valence-electron chi connectivity index (χ2n) is 4.31. The molecule has 1 aliphatic heterocycles. The normalized spacial score (nSPS) is 19.6. The average molecular weight is 321 g/mol. The van der Waals surface area contributed by atoms with Crippen LogP contribution in [0.1, 0.15) is 18.9 Å². The molecule has 2 N–H and O–H groups in total. The summed E-state index contributed by atoms with van der Waals surface area (Å²) in [6.07, 6.45) is 1.28. The highest BCUT2D eigenvalue weighted by Gasteiger charge is 2.32. The van der Waals surface area contributed by atoms with E-state index in [1.54, 1.807) is 0 Å². The van der Waals surface area contributed by atoms with Crippen molar-refractivity contribution in [2.45, 2.75) is 18.6 Å². The molecule has 22 heavy (non-hydrogen) atoms. The Balaban J connectivity index is 2.03. The standard InChI is InChI=1S/C14H15N3O4S/c1-2-21-10-6-4-3-5-9(10)8-15-17-14-16-13(20)11(22-14)7-12(18)19/h3-6,8,11H,2,7H2,1H3,(H,18,19)(H,16,17,20)/b15-8-/t11-/m0/s1. The van der Waals surface area contributed by atoms with Gasteiger partial charge in [-0.1, -0.05) is 23.9 Å². The van der Waals surface area contributed by atoms with E-state index in [0.29, 0.717) is 17.5 Å². The van der Waals surface area contributed by atoms with E-state index >= 15 is 0 Å². The van der Waals surface area contributed by atoms with Crippen molar-refractivity contribution in [3.63, 3.8) is 0 Å². The Bertz CT molecular complexity index is 630.